The van der Waals surface area contributed by atoms with Crippen molar-refractivity contribution in [2.45, 2.75) is 18.9 Å². The first kappa shape index (κ1) is 21.1. The monoisotopic (exact) mass is 419 g/mol. The smallest absolute Gasteiger partial charge is 0.238 e. The Hall–Kier alpha value is -2.60. The minimum absolute atomic E-state index is 0.0505. The van der Waals surface area contributed by atoms with Gasteiger partial charge in [0, 0.05) is 6.54 Å². The van der Waals surface area contributed by atoms with Crippen LogP contribution in [-0.2, 0) is 17.6 Å². The van der Waals surface area contributed by atoms with Crippen LogP contribution in [0.3, 0.4) is 0 Å². The van der Waals surface area contributed by atoms with E-state index in [0.717, 1.165) is 23.1 Å². The average molecular weight is 420 g/mol. The molecule has 156 valence electrons. The van der Waals surface area contributed by atoms with Crippen molar-refractivity contribution in [3.8, 4) is 23.0 Å². The van der Waals surface area contributed by atoms with Crippen molar-refractivity contribution in [2.75, 3.05) is 40.9 Å². The van der Waals surface area contributed by atoms with Gasteiger partial charge in [0.05, 0.1) is 34.5 Å². The van der Waals surface area contributed by atoms with E-state index in [1.54, 1.807) is 28.4 Å². The van der Waals surface area contributed by atoms with Gasteiger partial charge < -0.3 is 23.8 Å². The van der Waals surface area contributed by atoms with Crippen molar-refractivity contribution in [1.82, 2.24) is 4.90 Å². The molecule has 7 heteroatoms. The number of methoxy groups -OCH3 is 4. The number of fused-ring (bicyclic) bond motifs is 1. The van der Waals surface area contributed by atoms with Gasteiger partial charge in [-0.2, -0.15) is 0 Å². The molecule has 1 unspecified atom stereocenters. The van der Waals surface area contributed by atoms with Gasteiger partial charge in [0.1, 0.15) is 5.88 Å². The summed E-state index contributed by atoms with van der Waals surface area (Å²) in [6.45, 7) is 0.603. The van der Waals surface area contributed by atoms with Crippen LogP contribution in [0, 0.1) is 0 Å². The third-order valence-electron chi connectivity index (χ3n) is 5.31. The van der Waals surface area contributed by atoms with Gasteiger partial charge in [-0.05, 0) is 53.8 Å². The van der Waals surface area contributed by atoms with Crippen molar-refractivity contribution < 1.29 is 23.7 Å². The van der Waals surface area contributed by atoms with Crippen LogP contribution >= 0.6 is 11.6 Å². The van der Waals surface area contributed by atoms with E-state index in [1.807, 2.05) is 35.2 Å². The summed E-state index contributed by atoms with van der Waals surface area (Å²) in [5, 5.41) is 0. The molecule has 0 saturated heterocycles. The fourth-order valence-electron chi connectivity index (χ4n) is 3.85. The van der Waals surface area contributed by atoms with Crippen LogP contribution in [0.15, 0.2) is 30.3 Å². The van der Waals surface area contributed by atoms with Gasteiger partial charge >= 0.3 is 0 Å². The first-order chi connectivity index (χ1) is 14.1. The Morgan fingerprint density at radius 3 is 2.21 bits per heavy atom. The number of nitrogens with zero attached hydrogens (tertiary/aromatic N) is 1. The Balaban J connectivity index is 2.04. The molecule has 0 fully saturated rings. The van der Waals surface area contributed by atoms with E-state index < -0.39 is 0 Å². The van der Waals surface area contributed by atoms with Crippen LogP contribution in [0.1, 0.15) is 22.7 Å². The van der Waals surface area contributed by atoms with Crippen molar-refractivity contribution in [3.63, 3.8) is 0 Å². The minimum atomic E-state index is -0.164. The van der Waals surface area contributed by atoms with E-state index in [-0.39, 0.29) is 17.8 Å². The van der Waals surface area contributed by atoms with Crippen LogP contribution in [0.25, 0.3) is 0 Å². The lowest BCUT2D eigenvalue weighted by Crippen LogP contribution is -2.41. The number of hydrogen-bond acceptors (Lipinski definition) is 5. The molecule has 2 aromatic carbocycles. The van der Waals surface area contributed by atoms with Crippen LogP contribution in [0.2, 0.25) is 0 Å². The summed E-state index contributed by atoms with van der Waals surface area (Å²) in [6, 6.07) is 9.60. The largest absolute Gasteiger partial charge is 0.493 e. The third kappa shape index (κ3) is 4.22. The van der Waals surface area contributed by atoms with Crippen molar-refractivity contribution in [3.05, 3.63) is 47.0 Å². The first-order valence-electron chi connectivity index (χ1n) is 9.37. The zero-order valence-electron chi connectivity index (χ0n) is 17.2. The first-order valence-corrected chi connectivity index (χ1v) is 9.90. The highest BCUT2D eigenvalue weighted by atomic mass is 35.5. The molecule has 6 nitrogen and oxygen atoms in total. The number of halogens is 1. The van der Waals surface area contributed by atoms with Gasteiger partial charge in [-0.15, -0.1) is 11.6 Å². The second kappa shape index (κ2) is 9.27. The molecule has 1 aliphatic heterocycles. The number of rotatable bonds is 7. The number of ether oxygens (including phenoxy) is 4. The van der Waals surface area contributed by atoms with Crippen molar-refractivity contribution >= 4 is 17.5 Å². The molecule has 1 amide bonds. The highest BCUT2D eigenvalue weighted by Gasteiger charge is 2.32. The number of hydrogen-bond donors (Lipinski definition) is 0. The zero-order valence-corrected chi connectivity index (χ0v) is 17.9. The number of carbonyl (C=O) groups excluding carboxylic acids is 1. The Morgan fingerprint density at radius 2 is 1.59 bits per heavy atom. The molecule has 3 rings (SSSR count). The molecular weight excluding hydrogens is 394 g/mol. The maximum absolute atomic E-state index is 12.6. The lowest BCUT2D eigenvalue weighted by atomic mass is 9.88. The molecule has 29 heavy (non-hydrogen) atoms. The molecule has 0 spiro atoms. The number of amides is 1. The van der Waals surface area contributed by atoms with Gasteiger partial charge in [0.2, 0.25) is 5.91 Å². The quantitative estimate of drug-likeness (QED) is 0.641. The Labute approximate surface area is 176 Å². The van der Waals surface area contributed by atoms with E-state index >= 15 is 0 Å². The summed E-state index contributed by atoms with van der Waals surface area (Å²) < 4.78 is 21.7. The molecule has 1 heterocycles. The zero-order chi connectivity index (χ0) is 21.0. The minimum Gasteiger partial charge on any atom is -0.493 e. The van der Waals surface area contributed by atoms with Crippen LogP contribution in [0.4, 0.5) is 0 Å². The fourth-order valence-corrected chi connectivity index (χ4v) is 4.01. The maximum atomic E-state index is 12.6. The van der Waals surface area contributed by atoms with E-state index in [1.165, 1.54) is 0 Å². The number of benzene rings is 2. The summed E-state index contributed by atoms with van der Waals surface area (Å²) in [5.41, 5.74) is 3.22. The standard InChI is InChI=1S/C22H26ClNO5/c1-26-18-6-5-14(10-19(18)27-2)9-17-16-12-21(29-4)20(28-3)11-15(16)7-8-24(17)22(25)13-23/h5-6,10-12,17H,7-9,13H2,1-4H3. The summed E-state index contributed by atoms with van der Waals surface area (Å²) >= 11 is 5.90. The second-order valence-electron chi connectivity index (χ2n) is 6.79. The van der Waals surface area contributed by atoms with Crippen LogP contribution in [0.5, 0.6) is 23.0 Å². The van der Waals surface area contributed by atoms with Gasteiger partial charge in [-0.3, -0.25) is 4.79 Å². The van der Waals surface area contributed by atoms with Crippen molar-refractivity contribution in [2.24, 2.45) is 0 Å². The van der Waals surface area contributed by atoms with Crippen LogP contribution < -0.4 is 18.9 Å². The van der Waals surface area contributed by atoms with Crippen molar-refractivity contribution in [1.29, 1.82) is 0 Å². The van der Waals surface area contributed by atoms with E-state index in [9.17, 15) is 4.79 Å². The average Bonchev–Trinajstić information content (AvgIpc) is 2.77. The molecule has 0 bridgehead atoms. The highest BCUT2D eigenvalue weighted by molar-refractivity contribution is 6.27. The molecule has 0 saturated carbocycles. The van der Waals surface area contributed by atoms with E-state index in [0.29, 0.717) is 36.0 Å². The van der Waals surface area contributed by atoms with E-state index in [2.05, 4.69) is 0 Å². The SMILES string of the molecule is COc1ccc(CC2c3cc(OC)c(OC)cc3CCN2C(=O)CCl)cc1OC. The van der Waals surface area contributed by atoms with Gasteiger partial charge in [-0.25, -0.2) is 0 Å². The predicted molar refractivity (Wildman–Crippen MR) is 112 cm³/mol. The Kier molecular flexibility index (Phi) is 6.75. The molecule has 0 N–H and O–H groups in total. The van der Waals surface area contributed by atoms with E-state index in [4.69, 9.17) is 30.5 Å². The number of carbonyl (C=O) groups is 1. The Morgan fingerprint density at radius 1 is 0.966 bits per heavy atom. The normalized spacial score (nSPS) is 15.5. The Bertz CT molecular complexity index is 886. The maximum Gasteiger partial charge on any atom is 0.238 e. The summed E-state index contributed by atoms with van der Waals surface area (Å²) in [6.07, 6.45) is 1.35. The molecule has 0 aliphatic carbocycles. The summed E-state index contributed by atoms with van der Waals surface area (Å²) in [5.74, 6) is 2.52. The molecule has 0 aromatic heterocycles. The van der Waals surface area contributed by atoms with Gasteiger partial charge in [-0.1, -0.05) is 6.07 Å². The van der Waals surface area contributed by atoms with Crippen LogP contribution in [-0.4, -0.2) is 51.7 Å². The third-order valence-corrected chi connectivity index (χ3v) is 5.54. The molecule has 2 aromatic rings. The van der Waals surface area contributed by atoms with Gasteiger partial charge in [0.15, 0.2) is 23.0 Å². The predicted octanol–water partition coefficient (Wildman–Crippen LogP) is 3.63. The molecule has 1 atom stereocenters. The summed E-state index contributed by atoms with van der Waals surface area (Å²) in [4.78, 5) is 14.4. The lowest BCUT2D eigenvalue weighted by Gasteiger charge is -2.38. The molecular formula is C22H26ClNO5. The second-order valence-corrected chi connectivity index (χ2v) is 7.05. The highest BCUT2D eigenvalue weighted by Crippen LogP contribution is 2.40. The number of alkyl halides is 1. The lowest BCUT2D eigenvalue weighted by molar-refractivity contribution is -0.131. The van der Waals surface area contributed by atoms with Gasteiger partial charge in [0.25, 0.3) is 0 Å². The summed E-state index contributed by atoms with van der Waals surface area (Å²) in [7, 11) is 6.45. The topological polar surface area (TPSA) is 57.2 Å². The molecule has 1 aliphatic rings. The molecule has 0 radical (unpaired) electrons. The fraction of sp³-hybridized carbons (Fsp3) is 0.409.